The normalized spacial score (nSPS) is 19.0. The van der Waals surface area contributed by atoms with Gasteiger partial charge in [0.2, 0.25) is 0 Å². The molecule has 1 aromatic rings. The summed E-state index contributed by atoms with van der Waals surface area (Å²) in [5.74, 6) is 0.517. The van der Waals surface area contributed by atoms with Gasteiger partial charge in [0.1, 0.15) is 5.75 Å². The van der Waals surface area contributed by atoms with Crippen LogP contribution in [0.25, 0.3) is 6.08 Å². The van der Waals surface area contributed by atoms with Gasteiger partial charge in [0.25, 0.3) is 0 Å². The summed E-state index contributed by atoms with van der Waals surface area (Å²) in [7, 11) is -0.613. The van der Waals surface area contributed by atoms with E-state index >= 15 is 0 Å². The molecule has 0 bridgehead atoms. The molecule has 1 fully saturated rings. The van der Waals surface area contributed by atoms with Crippen molar-refractivity contribution in [3.8, 4) is 5.75 Å². The quantitative estimate of drug-likeness (QED) is 0.616. The van der Waals surface area contributed by atoms with Crippen LogP contribution in [0.2, 0.25) is 0 Å². The summed E-state index contributed by atoms with van der Waals surface area (Å²) in [6.45, 7) is 7.91. The Bertz CT molecular complexity index is 714. The standard InChI is InChI=1S/C19H24BF3O4S/c1-13(24)28-11-15(20-26-17(2,3)18(4,5)27-20)10-14-6-8-16(9-7-14)25-12-19(21,22)23/h6-10H,11-12H2,1-5H3. The summed E-state index contributed by atoms with van der Waals surface area (Å²) in [6, 6.07) is 6.24. The maximum atomic E-state index is 12.2. The number of hydrogen-bond donors (Lipinski definition) is 0. The Balaban J connectivity index is 2.19. The van der Waals surface area contributed by atoms with Crippen LogP contribution in [0.4, 0.5) is 13.2 Å². The first kappa shape index (κ1) is 22.8. The lowest BCUT2D eigenvalue weighted by molar-refractivity contribution is -0.153. The average molecular weight is 416 g/mol. The number of ether oxygens (including phenoxy) is 1. The van der Waals surface area contributed by atoms with Crippen molar-refractivity contribution in [3.05, 3.63) is 35.3 Å². The molecule has 9 heteroatoms. The number of carbonyl (C=O) groups is 1. The fourth-order valence-corrected chi connectivity index (χ4v) is 2.99. The molecule has 1 saturated heterocycles. The second-order valence-corrected chi connectivity index (χ2v) is 8.71. The number of hydrogen-bond acceptors (Lipinski definition) is 5. The van der Waals surface area contributed by atoms with Crippen LogP contribution < -0.4 is 4.74 Å². The van der Waals surface area contributed by atoms with Gasteiger partial charge in [0.15, 0.2) is 11.7 Å². The molecule has 0 atom stereocenters. The molecule has 1 aromatic carbocycles. The first-order valence-corrected chi connectivity index (χ1v) is 9.77. The van der Waals surface area contributed by atoms with Gasteiger partial charge in [0.05, 0.1) is 11.2 Å². The second kappa shape index (κ2) is 8.51. The number of halogens is 3. The molecule has 0 aromatic heterocycles. The molecule has 28 heavy (non-hydrogen) atoms. The summed E-state index contributed by atoms with van der Waals surface area (Å²) < 4.78 is 53.6. The monoisotopic (exact) mass is 416 g/mol. The van der Waals surface area contributed by atoms with E-state index in [-0.39, 0.29) is 10.9 Å². The van der Waals surface area contributed by atoms with E-state index in [1.54, 1.807) is 12.1 Å². The molecule has 4 nitrogen and oxygen atoms in total. The second-order valence-electron chi connectivity index (χ2n) is 7.56. The Morgan fingerprint density at radius 2 is 1.68 bits per heavy atom. The van der Waals surface area contributed by atoms with E-state index < -0.39 is 31.1 Å². The van der Waals surface area contributed by atoms with Crippen molar-refractivity contribution >= 4 is 30.1 Å². The lowest BCUT2D eigenvalue weighted by atomic mass is 9.78. The summed E-state index contributed by atoms with van der Waals surface area (Å²) in [5, 5.41) is -0.0293. The summed E-state index contributed by atoms with van der Waals surface area (Å²) in [6.07, 6.45) is -2.56. The smallest absolute Gasteiger partial charge is 0.484 e. The van der Waals surface area contributed by atoms with Gasteiger partial charge in [-0.3, -0.25) is 4.79 Å². The molecule has 1 aliphatic rings. The van der Waals surface area contributed by atoms with E-state index in [4.69, 9.17) is 14.0 Å². The highest BCUT2D eigenvalue weighted by Gasteiger charge is 2.52. The number of benzene rings is 1. The lowest BCUT2D eigenvalue weighted by Crippen LogP contribution is -2.41. The molecule has 1 heterocycles. The van der Waals surface area contributed by atoms with Gasteiger partial charge in [-0.1, -0.05) is 30.0 Å². The third-order valence-corrected chi connectivity index (χ3v) is 5.52. The first-order chi connectivity index (χ1) is 12.8. The van der Waals surface area contributed by atoms with E-state index in [9.17, 15) is 18.0 Å². The van der Waals surface area contributed by atoms with Crippen molar-refractivity contribution < 1.29 is 32.0 Å². The van der Waals surface area contributed by atoms with Gasteiger partial charge >= 0.3 is 13.3 Å². The van der Waals surface area contributed by atoms with Crippen LogP contribution in [-0.2, 0) is 14.1 Å². The Morgan fingerprint density at radius 3 is 2.14 bits per heavy atom. The van der Waals surface area contributed by atoms with Crippen molar-refractivity contribution in [1.29, 1.82) is 0 Å². The van der Waals surface area contributed by atoms with E-state index in [0.29, 0.717) is 5.75 Å². The molecule has 0 radical (unpaired) electrons. The molecular formula is C19H24BF3O4S. The largest absolute Gasteiger partial charge is 0.491 e. The fourth-order valence-electron chi connectivity index (χ4n) is 2.40. The van der Waals surface area contributed by atoms with E-state index in [2.05, 4.69) is 0 Å². The van der Waals surface area contributed by atoms with Crippen molar-refractivity contribution in [3.63, 3.8) is 0 Å². The lowest BCUT2D eigenvalue weighted by Gasteiger charge is -2.32. The van der Waals surface area contributed by atoms with Crippen LogP contribution >= 0.6 is 11.8 Å². The van der Waals surface area contributed by atoms with Gasteiger partial charge in [-0.15, -0.1) is 0 Å². The van der Waals surface area contributed by atoms with Crippen LogP contribution in [0.1, 0.15) is 40.2 Å². The zero-order chi connectivity index (χ0) is 21.2. The fraction of sp³-hybridized carbons (Fsp3) is 0.526. The highest BCUT2D eigenvalue weighted by Crippen LogP contribution is 2.39. The van der Waals surface area contributed by atoms with Gasteiger partial charge in [-0.05, 0) is 50.9 Å². The topological polar surface area (TPSA) is 44.8 Å². The number of rotatable bonds is 6. The molecule has 0 N–H and O–H groups in total. The Labute approximate surface area is 167 Å². The Kier molecular flexibility index (Phi) is 6.94. The molecule has 0 saturated carbocycles. The third kappa shape index (κ3) is 6.29. The molecule has 154 valence electrons. The van der Waals surface area contributed by atoms with Gasteiger partial charge in [-0.25, -0.2) is 0 Å². The number of alkyl halides is 3. The zero-order valence-corrected chi connectivity index (χ0v) is 17.4. The Hall–Kier alpha value is -1.45. The Morgan fingerprint density at radius 1 is 1.14 bits per heavy atom. The maximum Gasteiger partial charge on any atom is 0.491 e. The van der Waals surface area contributed by atoms with Crippen LogP contribution in [0.3, 0.4) is 0 Å². The molecule has 2 rings (SSSR count). The number of thioether (sulfide) groups is 1. The highest BCUT2D eigenvalue weighted by molar-refractivity contribution is 8.13. The first-order valence-electron chi connectivity index (χ1n) is 8.78. The van der Waals surface area contributed by atoms with E-state index in [0.717, 1.165) is 22.8 Å². The van der Waals surface area contributed by atoms with Crippen LogP contribution in [-0.4, -0.2) is 42.0 Å². The minimum atomic E-state index is -4.38. The van der Waals surface area contributed by atoms with Crippen LogP contribution in [0.5, 0.6) is 5.75 Å². The SMILES string of the molecule is CC(=O)SCC(=Cc1ccc(OCC(F)(F)F)cc1)B1OC(C)(C)C(C)(C)O1. The van der Waals surface area contributed by atoms with Crippen molar-refractivity contribution in [1.82, 2.24) is 0 Å². The highest BCUT2D eigenvalue weighted by atomic mass is 32.2. The minimum absolute atomic E-state index is 0.0293. The predicted molar refractivity (Wildman–Crippen MR) is 105 cm³/mol. The van der Waals surface area contributed by atoms with E-state index in [1.165, 1.54) is 19.1 Å². The van der Waals surface area contributed by atoms with Gasteiger partial charge < -0.3 is 14.0 Å². The molecule has 0 amide bonds. The predicted octanol–water partition coefficient (Wildman–Crippen LogP) is 4.92. The summed E-state index contributed by atoms with van der Waals surface area (Å²) in [4.78, 5) is 11.4. The van der Waals surface area contributed by atoms with E-state index in [1.807, 2.05) is 33.8 Å². The molecule has 0 aliphatic carbocycles. The van der Waals surface area contributed by atoms with Crippen LogP contribution in [0, 0.1) is 0 Å². The number of carbonyl (C=O) groups excluding carboxylic acids is 1. The molecule has 1 aliphatic heterocycles. The maximum absolute atomic E-state index is 12.2. The zero-order valence-electron chi connectivity index (χ0n) is 16.6. The average Bonchev–Trinajstić information content (AvgIpc) is 2.77. The third-order valence-electron chi connectivity index (χ3n) is 4.63. The summed E-state index contributed by atoms with van der Waals surface area (Å²) >= 11 is 1.14. The minimum Gasteiger partial charge on any atom is -0.484 e. The molecule has 0 spiro atoms. The van der Waals surface area contributed by atoms with Crippen molar-refractivity contribution in [2.45, 2.75) is 52.0 Å². The van der Waals surface area contributed by atoms with Crippen LogP contribution in [0.15, 0.2) is 29.7 Å². The van der Waals surface area contributed by atoms with Gasteiger partial charge in [-0.2, -0.15) is 13.2 Å². The van der Waals surface area contributed by atoms with Gasteiger partial charge in [0, 0.05) is 12.7 Å². The van der Waals surface area contributed by atoms with Crippen molar-refractivity contribution in [2.75, 3.05) is 12.4 Å². The molecular weight excluding hydrogens is 392 g/mol. The summed E-state index contributed by atoms with van der Waals surface area (Å²) in [5.41, 5.74) is 0.468. The molecule has 0 unspecified atom stereocenters. The van der Waals surface area contributed by atoms with Crippen molar-refractivity contribution in [2.24, 2.45) is 0 Å².